The van der Waals surface area contributed by atoms with Gasteiger partial charge in [-0.25, -0.2) is 4.98 Å². The highest BCUT2D eigenvalue weighted by atomic mass is 35.5. The van der Waals surface area contributed by atoms with Crippen LogP contribution in [0.5, 0.6) is 23.0 Å². The Bertz CT molecular complexity index is 1510. The maximum atomic E-state index is 12.8. The molecule has 0 atom stereocenters. The minimum Gasteiger partial charge on any atom is -0.493 e. The van der Waals surface area contributed by atoms with Crippen LogP contribution in [0.15, 0.2) is 54.6 Å². The van der Waals surface area contributed by atoms with E-state index in [4.69, 9.17) is 30.5 Å². The topological polar surface area (TPSA) is 96.0 Å². The van der Waals surface area contributed by atoms with E-state index in [-0.39, 0.29) is 18.3 Å². The Morgan fingerprint density at radius 2 is 1.71 bits per heavy atom. The number of nitrogens with zero attached hydrogens (tertiary/aromatic N) is 1. The number of anilines is 1. The second-order valence-electron chi connectivity index (χ2n) is 8.10. The molecule has 0 aliphatic heterocycles. The van der Waals surface area contributed by atoms with Crippen LogP contribution in [0, 0.1) is 6.92 Å². The van der Waals surface area contributed by atoms with Gasteiger partial charge in [0.1, 0.15) is 5.75 Å². The molecule has 0 saturated carbocycles. The lowest BCUT2D eigenvalue weighted by Gasteiger charge is -2.13. The molecule has 0 aliphatic carbocycles. The number of ether oxygens (including phenoxy) is 4. The first kappa shape index (κ1) is 27.0. The number of ketones is 1. The van der Waals surface area contributed by atoms with Gasteiger partial charge in [0, 0.05) is 10.6 Å². The van der Waals surface area contributed by atoms with Crippen LogP contribution in [0.1, 0.15) is 21.5 Å². The molecule has 0 fully saturated rings. The van der Waals surface area contributed by atoms with Crippen molar-refractivity contribution in [1.29, 1.82) is 0 Å². The third-order valence-corrected chi connectivity index (χ3v) is 6.71. The molecule has 0 unspecified atom stereocenters. The number of carbonyl (C=O) groups is 2. The number of benzene rings is 3. The molecule has 3 aromatic carbocycles. The van der Waals surface area contributed by atoms with Gasteiger partial charge < -0.3 is 18.9 Å². The normalized spacial score (nSPS) is 11.0. The van der Waals surface area contributed by atoms with Crippen molar-refractivity contribution in [2.75, 3.05) is 33.3 Å². The number of aryl methyl sites for hydroxylation is 1. The van der Waals surface area contributed by atoms with Crippen molar-refractivity contribution in [3.63, 3.8) is 0 Å². The van der Waals surface area contributed by atoms with Crippen molar-refractivity contribution < 1.29 is 28.5 Å². The van der Waals surface area contributed by atoms with Gasteiger partial charge in [-0.1, -0.05) is 41.1 Å². The predicted molar refractivity (Wildman–Crippen MR) is 149 cm³/mol. The second-order valence-corrected chi connectivity index (χ2v) is 9.57. The zero-order valence-corrected chi connectivity index (χ0v) is 22.7. The van der Waals surface area contributed by atoms with Crippen molar-refractivity contribution >= 4 is 56.1 Å². The number of nitrogens with one attached hydrogen (secondary N) is 1. The predicted octanol–water partition coefficient (Wildman–Crippen LogP) is 6.20. The number of aromatic nitrogens is 1. The van der Waals surface area contributed by atoms with E-state index in [1.54, 1.807) is 42.5 Å². The van der Waals surface area contributed by atoms with Gasteiger partial charge in [0.25, 0.3) is 5.91 Å². The van der Waals surface area contributed by atoms with Crippen LogP contribution in [-0.4, -0.2) is 44.6 Å². The first-order valence-electron chi connectivity index (χ1n) is 11.4. The molecule has 4 rings (SSSR count). The van der Waals surface area contributed by atoms with Crippen molar-refractivity contribution in [1.82, 2.24) is 4.98 Å². The molecule has 196 valence electrons. The first-order valence-corrected chi connectivity index (χ1v) is 12.6. The average molecular weight is 553 g/mol. The van der Waals surface area contributed by atoms with E-state index in [1.807, 2.05) is 19.1 Å². The van der Waals surface area contributed by atoms with Crippen LogP contribution >= 0.6 is 22.9 Å². The standard InChI is InChI=1S/C28H25ClN2O6S/c1-16-5-6-17(7-10-21(32)18-12-23(34-2)27(36-4)24(13-18)35-3)11-22(16)37-15-26(33)31-28-30-20-9-8-19(29)14-25(20)38-28/h5-14H,15H2,1-4H3,(H,30,31,33)/b10-7+. The summed E-state index contributed by atoms with van der Waals surface area (Å²) in [6.45, 7) is 1.67. The van der Waals surface area contributed by atoms with Gasteiger partial charge in [-0.15, -0.1) is 0 Å². The SMILES string of the molecule is COc1cc(C(=O)/C=C/c2ccc(C)c(OCC(=O)Nc3nc4ccc(Cl)cc4s3)c2)cc(OC)c1OC. The minimum atomic E-state index is -0.340. The molecule has 1 aromatic heterocycles. The minimum absolute atomic E-state index is 0.199. The van der Waals surface area contributed by atoms with Crippen LogP contribution in [-0.2, 0) is 4.79 Å². The Kier molecular flexibility index (Phi) is 8.50. The number of halogens is 1. The highest BCUT2D eigenvalue weighted by molar-refractivity contribution is 7.22. The third-order valence-electron chi connectivity index (χ3n) is 5.54. The Labute approximate surface area is 228 Å². The van der Waals surface area contributed by atoms with Gasteiger partial charge in [0.15, 0.2) is 29.0 Å². The fourth-order valence-electron chi connectivity index (χ4n) is 3.62. The summed E-state index contributed by atoms with van der Waals surface area (Å²) in [5.41, 5.74) is 2.72. The molecule has 10 heteroatoms. The van der Waals surface area contributed by atoms with E-state index in [1.165, 1.54) is 38.7 Å². The largest absolute Gasteiger partial charge is 0.493 e. The molecule has 0 bridgehead atoms. The zero-order valence-electron chi connectivity index (χ0n) is 21.2. The Morgan fingerprint density at radius 3 is 2.39 bits per heavy atom. The molecule has 0 spiro atoms. The highest BCUT2D eigenvalue weighted by Crippen LogP contribution is 2.38. The number of allylic oxidation sites excluding steroid dienone is 1. The second kappa shape index (κ2) is 12.0. The number of hydrogen-bond acceptors (Lipinski definition) is 8. The molecular weight excluding hydrogens is 528 g/mol. The number of thiazole rings is 1. The van der Waals surface area contributed by atoms with Gasteiger partial charge in [0.2, 0.25) is 5.75 Å². The lowest BCUT2D eigenvalue weighted by molar-refractivity contribution is -0.118. The molecule has 0 radical (unpaired) electrons. The highest BCUT2D eigenvalue weighted by Gasteiger charge is 2.16. The lowest BCUT2D eigenvalue weighted by atomic mass is 10.1. The van der Waals surface area contributed by atoms with Gasteiger partial charge in [0.05, 0.1) is 31.5 Å². The van der Waals surface area contributed by atoms with Crippen LogP contribution in [0.3, 0.4) is 0 Å². The summed E-state index contributed by atoms with van der Waals surface area (Å²) >= 11 is 7.35. The van der Waals surface area contributed by atoms with Crippen LogP contribution in [0.2, 0.25) is 5.02 Å². The van der Waals surface area contributed by atoms with E-state index in [2.05, 4.69) is 10.3 Å². The molecule has 1 heterocycles. The summed E-state index contributed by atoms with van der Waals surface area (Å²) in [5.74, 6) is 1.13. The smallest absolute Gasteiger partial charge is 0.264 e. The van der Waals surface area contributed by atoms with Crippen LogP contribution in [0.4, 0.5) is 5.13 Å². The molecule has 1 amide bonds. The van der Waals surface area contributed by atoms with Gasteiger partial charge in [-0.05, 0) is 60.5 Å². The van der Waals surface area contributed by atoms with E-state index >= 15 is 0 Å². The van der Waals surface area contributed by atoms with Gasteiger partial charge in [-0.3, -0.25) is 14.9 Å². The summed E-state index contributed by atoms with van der Waals surface area (Å²) in [5, 5.41) is 3.83. The maximum absolute atomic E-state index is 12.8. The summed E-state index contributed by atoms with van der Waals surface area (Å²) < 4.78 is 22.6. The van der Waals surface area contributed by atoms with Crippen molar-refractivity contribution in [2.24, 2.45) is 0 Å². The Hall–Kier alpha value is -4.08. The van der Waals surface area contributed by atoms with E-state index in [9.17, 15) is 9.59 Å². The molecule has 4 aromatic rings. The van der Waals surface area contributed by atoms with Crippen molar-refractivity contribution in [2.45, 2.75) is 6.92 Å². The van der Waals surface area contributed by atoms with Crippen molar-refractivity contribution in [3.8, 4) is 23.0 Å². The van der Waals surface area contributed by atoms with Crippen LogP contribution in [0.25, 0.3) is 16.3 Å². The molecule has 38 heavy (non-hydrogen) atoms. The number of rotatable bonds is 10. The lowest BCUT2D eigenvalue weighted by Crippen LogP contribution is -2.20. The van der Waals surface area contributed by atoms with Crippen LogP contribution < -0.4 is 24.3 Å². The van der Waals surface area contributed by atoms with Gasteiger partial charge >= 0.3 is 0 Å². The number of hydrogen-bond donors (Lipinski definition) is 1. The fraction of sp³-hybridized carbons (Fsp3) is 0.179. The zero-order chi connectivity index (χ0) is 27.2. The number of carbonyl (C=O) groups excluding carboxylic acids is 2. The molecule has 0 aliphatic rings. The van der Waals surface area contributed by atoms with E-state index in [0.29, 0.717) is 38.7 Å². The monoisotopic (exact) mass is 552 g/mol. The summed E-state index contributed by atoms with van der Waals surface area (Å²) in [6, 6.07) is 14.0. The summed E-state index contributed by atoms with van der Waals surface area (Å²) in [6.07, 6.45) is 3.12. The molecule has 1 N–H and O–H groups in total. The number of methoxy groups -OCH3 is 3. The summed E-state index contributed by atoms with van der Waals surface area (Å²) in [7, 11) is 4.48. The van der Waals surface area contributed by atoms with E-state index in [0.717, 1.165) is 21.3 Å². The third kappa shape index (κ3) is 6.24. The average Bonchev–Trinajstić information content (AvgIpc) is 3.31. The fourth-order valence-corrected chi connectivity index (χ4v) is 4.78. The number of fused-ring (bicyclic) bond motifs is 1. The first-order chi connectivity index (χ1) is 18.3. The van der Waals surface area contributed by atoms with E-state index < -0.39 is 0 Å². The molecule has 0 saturated heterocycles. The van der Waals surface area contributed by atoms with Crippen molar-refractivity contribution in [3.05, 3.63) is 76.3 Å². The Balaban J connectivity index is 1.42. The molecule has 8 nitrogen and oxygen atoms in total. The quantitative estimate of drug-likeness (QED) is 0.185. The summed E-state index contributed by atoms with van der Waals surface area (Å²) in [4.78, 5) is 29.7. The van der Waals surface area contributed by atoms with Gasteiger partial charge in [-0.2, -0.15) is 0 Å². The Morgan fingerprint density at radius 1 is 0.974 bits per heavy atom. The maximum Gasteiger partial charge on any atom is 0.264 e. The molecular formula is C28H25ClN2O6S. The number of amides is 1.